The molecule has 3 rings (SSSR count). The molecule has 0 radical (unpaired) electrons. The van der Waals surface area contributed by atoms with E-state index < -0.39 is 5.41 Å². The van der Waals surface area contributed by atoms with E-state index in [0.29, 0.717) is 25.6 Å². The molecule has 2 aliphatic heterocycles. The van der Waals surface area contributed by atoms with Gasteiger partial charge in [0.05, 0.1) is 12.0 Å². The van der Waals surface area contributed by atoms with Gasteiger partial charge in [0.1, 0.15) is 0 Å². The van der Waals surface area contributed by atoms with Crippen LogP contribution in [0.1, 0.15) is 24.8 Å². The lowest BCUT2D eigenvalue weighted by atomic mass is 9.78. The van der Waals surface area contributed by atoms with Gasteiger partial charge >= 0.3 is 0 Å². The Labute approximate surface area is 130 Å². The van der Waals surface area contributed by atoms with E-state index in [1.165, 1.54) is 0 Å². The van der Waals surface area contributed by atoms with Gasteiger partial charge in [-0.15, -0.1) is 0 Å². The van der Waals surface area contributed by atoms with Crippen LogP contribution in [0.3, 0.4) is 0 Å². The lowest BCUT2D eigenvalue weighted by Crippen LogP contribution is -2.47. The number of amides is 2. The maximum absolute atomic E-state index is 12.8. The number of hydrogen-bond acceptors (Lipinski definition) is 3. The molecule has 0 bridgehead atoms. The summed E-state index contributed by atoms with van der Waals surface area (Å²) in [5.74, 6) is 0.234. The molecular formula is C17H22N2O3. The summed E-state index contributed by atoms with van der Waals surface area (Å²) in [7, 11) is 0. The SMILES string of the molecule is O=C1CC(C(=O)NCC2CCCOC2)(c2ccccc2)CN1. The van der Waals surface area contributed by atoms with Gasteiger partial charge in [0, 0.05) is 26.1 Å². The molecule has 1 aromatic carbocycles. The Morgan fingerprint density at radius 3 is 2.82 bits per heavy atom. The number of benzene rings is 1. The van der Waals surface area contributed by atoms with Crippen molar-refractivity contribution in [2.75, 3.05) is 26.3 Å². The first-order chi connectivity index (χ1) is 10.7. The molecule has 0 saturated carbocycles. The molecular weight excluding hydrogens is 280 g/mol. The summed E-state index contributed by atoms with van der Waals surface area (Å²) in [4.78, 5) is 24.5. The lowest BCUT2D eigenvalue weighted by Gasteiger charge is -2.28. The van der Waals surface area contributed by atoms with E-state index in [9.17, 15) is 9.59 Å². The standard InChI is InChI=1S/C17H22N2O3/c20-15-9-17(12-19-15,14-6-2-1-3-7-14)16(21)18-10-13-5-4-8-22-11-13/h1-3,6-7,13H,4-5,8-12H2,(H,18,21)(H,19,20). The van der Waals surface area contributed by atoms with Crippen molar-refractivity contribution in [3.05, 3.63) is 35.9 Å². The van der Waals surface area contributed by atoms with Gasteiger partial charge in [-0.05, 0) is 24.3 Å². The molecule has 0 aliphatic carbocycles. The van der Waals surface area contributed by atoms with Crippen molar-refractivity contribution in [3.8, 4) is 0 Å². The first-order valence-electron chi connectivity index (χ1n) is 7.89. The van der Waals surface area contributed by atoms with Crippen LogP contribution in [-0.2, 0) is 19.7 Å². The summed E-state index contributed by atoms with van der Waals surface area (Å²) in [5, 5.41) is 5.85. The quantitative estimate of drug-likeness (QED) is 0.871. The monoisotopic (exact) mass is 302 g/mol. The molecule has 2 atom stereocenters. The molecule has 0 aromatic heterocycles. The largest absolute Gasteiger partial charge is 0.381 e. The van der Waals surface area contributed by atoms with Crippen LogP contribution in [0.5, 0.6) is 0 Å². The fraction of sp³-hybridized carbons (Fsp3) is 0.529. The maximum atomic E-state index is 12.8. The van der Waals surface area contributed by atoms with E-state index in [0.717, 1.165) is 25.0 Å². The van der Waals surface area contributed by atoms with Crippen LogP contribution < -0.4 is 10.6 Å². The summed E-state index contributed by atoms with van der Waals surface area (Å²) in [6, 6.07) is 9.57. The van der Waals surface area contributed by atoms with Gasteiger partial charge in [-0.1, -0.05) is 30.3 Å². The van der Waals surface area contributed by atoms with Gasteiger partial charge in [-0.25, -0.2) is 0 Å². The molecule has 5 nitrogen and oxygen atoms in total. The minimum absolute atomic E-state index is 0.0670. The number of hydrogen-bond donors (Lipinski definition) is 2. The lowest BCUT2D eigenvalue weighted by molar-refractivity contribution is -0.128. The Morgan fingerprint density at radius 2 is 2.18 bits per heavy atom. The molecule has 1 aromatic rings. The Balaban J connectivity index is 1.72. The van der Waals surface area contributed by atoms with E-state index in [1.54, 1.807) is 0 Å². The van der Waals surface area contributed by atoms with Crippen molar-refractivity contribution in [1.82, 2.24) is 10.6 Å². The van der Waals surface area contributed by atoms with Gasteiger partial charge in [-0.3, -0.25) is 9.59 Å². The Morgan fingerprint density at radius 1 is 1.36 bits per heavy atom. The second-order valence-corrected chi connectivity index (χ2v) is 6.19. The van der Waals surface area contributed by atoms with E-state index in [4.69, 9.17) is 4.74 Å². The molecule has 2 heterocycles. The molecule has 2 saturated heterocycles. The summed E-state index contributed by atoms with van der Waals surface area (Å²) in [6.07, 6.45) is 2.34. The Kier molecular flexibility index (Phi) is 4.43. The van der Waals surface area contributed by atoms with Crippen molar-refractivity contribution >= 4 is 11.8 Å². The molecule has 5 heteroatoms. The first-order valence-corrected chi connectivity index (χ1v) is 7.89. The van der Waals surface area contributed by atoms with E-state index >= 15 is 0 Å². The topological polar surface area (TPSA) is 67.4 Å². The zero-order valence-corrected chi connectivity index (χ0v) is 12.6. The number of rotatable bonds is 4. The van der Waals surface area contributed by atoms with Gasteiger partial charge in [-0.2, -0.15) is 0 Å². The van der Waals surface area contributed by atoms with Crippen LogP contribution >= 0.6 is 0 Å². The minimum Gasteiger partial charge on any atom is -0.381 e. The average molecular weight is 302 g/mol. The van der Waals surface area contributed by atoms with Gasteiger partial charge < -0.3 is 15.4 Å². The summed E-state index contributed by atoms with van der Waals surface area (Å²) < 4.78 is 5.45. The first kappa shape index (κ1) is 15.0. The third-order valence-electron chi connectivity index (χ3n) is 4.62. The molecule has 2 aliphatic rings. The van der Waals surface area contributed by atoms with Crippen molar-refractivity contribution in [2.24, 2.45) is 5.92 Å². The predicted octanol–water partition coefficient (Wildman–Crippen LogP) is 0.987. The zero-order chi connectivity index (χ0) is 15.4. The molecule has 2 N–H and O–H groups in total. The fourth-order valence-electron chi connectivity index (χ4n) is 3.28. The fourth-order valence-corrected chi connectivity index (χ4v) is 3.28. The van der Waals surface area contributed by atoms with Crippen molar-refractivity contribution in [2.45, 2.75) is 24.7 Å². The third-order valence-corrected chi connectivity index (χ3v) is 4.62. The summed E-state index contributed by atoms with van der Waals surface area (Å²) in [6.45, 7) is 2.50. The molecule has 2 fully saturated rings. The van der Waals surface area contributed by atoms with E-state index in [2.05, 4.69) is 10.6 Å². The van der Waals surface area contributed by atoms with E-state index in [1.807, 2.05) is 30.3 Å². The van der Waals surface area contributed by atoms with Crippen LogP contribution in [0.2, 0.25) is 0 Å². The number of nitrogens with one attached hydrogen (secondary N) is 2. The predicted molar refractivity (Wildman–Crippen MR) is 82.3 cm³/mol. The molecule has 0 spiro atoms. The average Bonchev–Trinajstić information content (AvgIpc) is 2.98. The molecule has 118 valence electrons. The highest BCUT2D eigenvalue weighted by Crippen LogP contribution is 2.31. The Bertz CT molecular complexity index is 540. The van der Waals surface area contributed by atoms with E-state index in [-0.39, 0.29) is 18.2 Å². The van der Waals surface area contributed by atoms with Crippen molar-refractivity contribution in [1.29, 1.82) is 0 Å². The smallest absolute Gasteiger partial charge is 0.233 e. The minimum atomic E-state index is -0.784. The molecule has 2 amide bonds. The summed E-state index contributed by atoms with van der Waals surface area (Å²) >= 11 is 0. The Hall–Kier alpha value is -1.88. The number of carbonyl (C=O) groups is 2. The van der Waals surface area contributed by atoms with Crippen LogP contribution in [0.15, 0.2) is 30.3 Å². The normalized spacial score (nSPS) is 28.2. The van der Waals surface area contributed by atoms with Crippen molar-refractivity contribution < 1.29 is 14.3 Å². The van der Waals surface area contributed by atoms with Gasteiger partial charge in [0.25, 0.3) is 0 Å². The summed E-state index contributed by atoms with van der Waals surface area (Å²) in [5.41, 5.74) is 0.110. The van der Waals surface area contributed by atoms with Crippen molar-refractivity contribution in [3.63, 3.8) is 0 Å². The zero-order valence-electron chi connectivity index (χ0n) is 12.6. The van der Waals surface area contributed by atoms with Crippen LogP contribution in [0, 0.1) is 5.92 Å². The second-order valence-electron chi connectivity index (χ2n) is 6.19. The highest BCUT2D eigenvalue weighted by molar-refractivity contribution is 5.97. The third kappa shape index (κ3) is 2.99. The highest BCUT2D eigenvalue weighted by atomic mass is 16.5. The number of carbonyl (C=O) groups excluding carboxylic acids is 2. The van der Waals surface area contributed by atoms with Crippen LogP contribution in [0.25, 0.3) is 0 Å². The highest BCUT2D eigenvalue weighted by Gasteiger charge is 2.46. The second kappa shape index (κ2) is 6.48. The molecule has 22 heavy (non-hydrogen) atoms. The van der Waals surface area contributed by atoms with Gasteiger partial charge in [0.15, 0.2) is 0 Å². The molecule has 2 unspecified atom stereocenters. The van der Waals surface area contributed by atoms with Gasteiger partial charge in [0.2, 0.25) is 11.8 Å². The van der Waals surface area contributed by atoms with Crippen LogP contribution in [0.4, 0.5) is 0 Å². The maximum Gasteiger partial charge on any atom is 0.233 e. The number of ether oxygens (including phenoxy) is 1. The van der Waals surface area contributed by atoms with Crippen LogP contribution in [-0.4, -0.2) is 38.1 Å².